The van der Waals surface area contributed by atoms with E-state index in [-0.39, 0.29) is 24.7 Å². The SMILES string of the molecule is CN(C(=O)CCCOc1ccccc1F)c1ccc(OCC(=O)O)cc1. The first-order valence-electron chi connectivity index (χ1n) is 8.06. The summed E-state index contributed by atoms with van der Waals surface area (Å²) in [5, 5.41) is 8.57. The van der Waals surface area contributed by atoms with Gasteiger partial charge in [-0.2, -0.15) is 0 Å². The lowest BCUT2D eigenvalue weighted by Crippen LogP contribution is -2.26. The second-order valence-corrected chi connectivity index (χ2v) is 5.51. The summed E-state index contributed by atoms with van der Waals surface area (Å²) in [4.78, 5) is 24.2. The molecule has 2 rings (SSSR count). The number of carboxylic acid groups (broad SMARTS) is 1. The molecule has 0 aliphatic heterocycles. The highest BCUT2D eigenvalue weighted by molar-refractivity contribution is 5.92. The monoisotopic (exact) mass is 361 g/mol. The maximum atomic E-state index is 13.4. The standard InChI is InChI=1S/C19H20FNO5/c1-21(14-8-10-15(11-9-14)26-13-19(23)24)18(22)7-4-12-25-17-6-3-2-5-16(17)20/h2-3,5-6,8-11H,4,7,12-13H2,1H3,(H,23,24). The second-order valence-electron chi connectivity index (χ2n) is 5.51. The topological polar surface area (TPSA) is 76.1 Å². The van der Waals surface area contributed by atoms with E-state index in [0.29, 0.717) is 17.9 Å². The van der Waals surface area contributed by atoms with E-state index in [9.17, 15) is 14.0 Å². The number of ether oxygens (including phenoxy) is 2. The average molecular weight is 361 g/mol. The van der Waals surface area contributed by atoms with Crippen LogP contribution in [0.15, 0.2) is 48.5 Å². The van der Waals surface area contributed by atoms with Crippen LogP contribution in [0, 0.1) is 5.82 Å². The van der Waals surface area contributed by atoms with Crippen molar-refractivity contribution in [2.24, 2.45) is 0 Å². The van der Waals surface area contributed by atoms with Gasteiger partial charge in [0.2, 0.25) is 5.91 Å². The van der Waals surface area contributed by atoms with Crippen LogP contribution in [0.4, 0.5) is 10.1 Å². The number of anilines is 1. The highest BCUT2D eigenvalue weighted by atomic mass is 19.1. The second kappa shape index (κ2) is 9.41. The van der Waals surface area contributed by atoms with E-state index in [1.54, 1.807) is 43.4 Å². The molecule has 0 atom stereocenters. The molecule has 138 valence electrons. The van der Waals surface area contributed by atoms with Crippen molar-refractivity contribution in [3.8, 4) is 11.5 Å². The van der Waals surface area contributed by atoms with E-state index in [2.05, 4.69) is 0 Å². The third-order valence-corrected chi connectivity index (χ3v) is 3.59. The van der Waals surface area contributed by atoms with Crippen molar-refractivity contribution in [1.29, 1.82) is 0 Å². The first-order chi connectivity index (χ1) is 12.5. The van der Waals surface area contributed by atoms with E-state index >= 15 is 0 Å². The van der Waals surface area contributed by atoms with Gasteiger partial charge in [-0.3, -0.25) is 4.79 Å². The summed E-state index contributed by atoms with van der Waals surface area (Å²) in [7, 11) is 1.65. The molecule has 0 aliphatic rings. The molecule has 0 unspecified atom stereocenters. The Morgan fingerprint density at radius 1 is 1.08 bits per heavy atom. The largest absolute Gasteiger partial charge is 0.491 e. The fraction of sp³-hybridized carbons (Fsp3) is 0.263. The molecule has 0 bridgehead atoms. The number of amides is 1. The molecule has 0 aliphatic carbocycles. The Kier molecular flexibility index (Phi) is 6.96. The molecule has 1 amide bonds. The van der Waals surface area contributed by atoms with Crippen LogP contribution in [0.5, 0.6) is 11.5 Å². The third-order valence-electron chi connectivity index (χ3n) is 3.59. The number of halogens is 1. The summed E-state index contributed by atoms with van der Waals surface area (Å²) < 4.78 is 23.8. The Hall–Kier alpha value is -3.09. The van der Waals surface area contributed by atoms with Gasteiger partial charge in [0.05, 0.1) is 6.61 Å². The zero-order valence-electron chi connectivity index (χ0n) is 14.4. The third kappa shape index (κ3) is 5.77. The van der Waals surface area contributed by atoms with Crippen LogP contribution >= 0.6 is 0 Å². The summed E-state index contributed by atoms with van der Waals surface area (Å²) in [6.45, 7) is -0.182. The lowest BCUT2D eigenvalue weighted by Gasteiger charge is -2.18. The predicted molar refractivity (Wildman–Crippen MR) is 94.1 cm³/mol. The maximum Gasteiger partial charge on any atom is 0.341 e. The van der Waals surface area contributed by atoms with Crippen LogP contribution < -0.4 is 14.4 Å². The predicted octanol–water partition coefficient (Wildman–Crippen LogP) is 3.11. The minimum Gasteiger partial charge on any atom is -0.491 e. The minimum atomic E-state index is -1.06. The summed E-state index contributed by atoms with van der Waals surface area (Å²) in [5.41, 5.74) is 0.660. The number of nitrogens with zero attached hydrogens (tertiary/aromatic N) is 1. The number of para-hydroxylation sites is 1. The first kappa shape index (κ1) is 19.2. The molecule has 0 heterocycles. The van der Waals surface area contributed by atoms with Crippen LogP contribution in [0.1, 0.15) is 12.8 Å². The van der Waals surface area contributed by atoms with Gasteiger partial charge in [0.15, 0.2) is 18.2 Å². The maximum absolute atomic E-state index is 13.4. The van der Waals surface area contributed by atoms with Gasteiger partial charge in [-0.15, -0.1) is 0 Å². The van der Waals surface area contributed by atoms with E-state index in [1.165, 1.54) is 17.0 Å². The van der Waals surface area contributed by atoms with Crippen molar-refractivity contribution in [2.45, 2.75) is 12.8 Å². The number of benzene rings is 2. The van der Waals surface area contributed by atoms with Gasteiger partial charge in [-0.05, 0) is 42.8 Å². The molecular weight excluding hydrogens is 341 g/mol. The quantitative estimate of drug-likeness (QED) is 0.695. The molecule has 2 aromatic carbocycles. The summed E-state index contributed by atoms with van der Waals surface area (Å²) in [5.74, 6) is -1.01. The van der Waals surface area contributed by atoms with Crippen molar-refractivity contribution in [3.05, 3.63) is 54.3 Å². The number of carbonyl (C=O) groups is 2. The molecule has 0 fully saturated rings. The first-order valence-corrected chi connectivity index (χ1v) is 8.06. The van der Waals surface area contributed by atoms with Crippen molar-refractivity contribution in [2.75, 3.05) is 25.2 Å². The van der Waals surface area contributed by atoms with Gasteiger partial charge >= 0.3 is 5.97 Å². The molecule has 0 radical (unpaired) electrons. The molecule has 1 N–H and O–H groups in total. The highest BCUT2D eigenvalue weighted by Crippen LogP contribution is 2.20. The fourth-order valence-corrected chi connectivity index (χ4v) is 2.19. The number of carbonyl (C=O) groups excluding carboxylic acids is 1. The lowest BCUT2D eigenvalue weighted by atomic mass is 10.2. The summed E-state index contributed by atoms with van der Waals surface area (Å²) in [6, 6.07) is 12.7. The molecular formula is C19H20FNO5. The van der Waals surface area contributed by atoms with Crippen molar-refractivity contribution >= 4 is 17.6 Å². The van der Waals surface area contributed by atoms with Crippen LogP contribution in [0.2, 0.25) is 0 Å². The molecule has 2 aromatic rings. The minimum absolute atomic E-state index is 0.110. The zero-order valence-corrected chi connectivity index (χ0v) is 14.4. The van der Waals surface area contributed by atoms with E-state index < -0.39 is 18.4 Å². The number of carboxylic acids is 1. The van der Waals surface area contributed by atoms with Gasteiger partial charge < -0.3 is 19.5 Å². The van der Waals surface area contributed by atoms with Gasteiger partial charge in [-0.1, -0.05) is 12.1 Å². The Balaban J connectivity index is 1.78. The normalized spacial score (nSPS) is 10.2. The lowest BCUT2D eigenvalue weighted by molar-refractivity contribution is -0.139. The van der Waals surface area contributed by atoms with Crippen LogP contribution in [0.25, 0.3) is 0 Å². The Morgan fingerprint density at radius 2 is 1.77 bits per heavy atom. The smallest absolute Gasteiger partial charge is 0.341 e. The molecule has 7 heteroatoms. The molecule has 0 saturated carbocycles. The fourth-order valence-electron chi connectivity index (χ4n) is 2.19. The van der Waals surface area contributed by atoms with Gasteiger partial charge in [0.25, 0.3) is 0 Å². The summed E-state index contributed by atoms with van der Waals surface area (Å²) in [6.07, 6.45) is 0.708. The van der Waals surface area contributed by atoms with E-state index in [1.807, 2.05) is 0 Å². The Bertz CT molecular complexity index is 748. The van der Waals surface area contributed by atoms with E-state index in [0.717, 1.165) is 0 Å². The summed E-state index contributed by atoms with van der Waals surface area (Å²) >= 11 is 0. The molecule has 0 saturated heterocycles. The molecule has 26 heavy (non-hydrogen) atoms. The van der Waals surface area contributed by atoms with Crippen molar-refractivity contribution in [1.82, 2.24) is 0 Å². The van der Waals surface area contributed by atoms with Crippen LogP contribution in [0.3, 0.4) is 0 Å². The highest BCUT2D eigenvalue weighted by Gasteiger charge is 2.11. The Labute approximate surface area is 150 Å². The van der Waals surface area contributed by atoms with Crippen LogP contribution in [-0.4, -0.2) is 37.2 Å². The van der Waals surface area contributed by atoms with Gasteiger partial charge in [0.1, 0.15) is 5.75 Å². The molecule has 6 nitrogen and oxygen atoms in total. The van der Waals surface area contributed by atoms with Crippen LogP contribution in [-0.2, 0) is 9.59 Å². The average Bonchev–Trinajstić information content (AvgIpc) is 2.64. The van der Waals surface area contributed by atoms with Gasteiger partial charge in [0, 0.05) is 19.2 Å². The van der Waals surface area contributed by atoms with Crippen molar-refractivity contribution < 1.29 is 28.6 Å². The number of rotatable bonds is 9. The number of hydrogen-bond donors (Lipinski definition) is 1. The zero-order chi connectivity index (χ0) is 18.9. The van der Waals surface area contributed by atoms with Crippen molar-refractivity contribution in [3.63, 3.8) is 0 Å². The molecule has 0 aromatic heterocycles. The van der Waals surface area contributed by atoms with Gasteiger partial charge in [-0.25, -0.2) is 9.18 Å². The van der Waals surface area contributed by atoms with E-state index in [4.69, 9.17) is 14.6 Å². The Morgan fingerprint density at radius 3 is 2.42 bits per heavy atom. The number of aliphatic carboxylic acids is 1. The molecule has 0 spiro atoms. The number of hydrogen-bond acceptors (Lipinski definition) is 4.